The third-order valence-electron chi connectivity index (χ3n) is 18.4. The van der Waals surface area contributed by atoms with Gasteiger partial charge in [-0.25, -0.2) is 0 Å². The highest BCUT2D eigenvalue weighted by atomic mass is 32.1. The number of para-hydroxylation sites is 3. The zero-order valence-electron chi connectivity index (χ0n) is 49.1. The third kappa shape index (κ3) is 7.07. The van der Waals surface area contributed by atoms with Crippen LogP contribution in [0.5, 0.6) is 0 Å². The smallest absolute Gasteiger partial charge is 0.109 e. The highest BCUT2D eigenvalue weighted by Crippen LogP contribution is 2.51. The summed E-state index contributed by atoms with van der Waals surface area (Å²) in [4.78, 5) is 1.32. The van der Waals surface area contributed by atoms with Gasteiger partial charge in [-0.1, -0.05) is 198 Å². The molecule has 0 bridgehead atoms. The van der Waals surface area contributed by atoms with Gasteiger partial charge in [-0.05, 0) is 145 Å². The SMILES string of the molecule is CC(C)(C)c1cc(-c2cc(-c3ccc4c(c3)c3ccccc3n4-c3ccccc3)c3c(c2)c2cc(-c4cc(C(C)(C)C)cc(C(C)(C)C)c4)cc4c5cc6c(cc5n3c42)c2cccc3c4c5ccccc5sc4n6c23)cc(C(C)(C)C)c1. The lowest BCUT2D eigenvalue weighted by Gasteiger charge is -2.26. The Bertz CT molecular complexity index is 5290. The molecule has 0 fully saturated rings. The van der Waals surface area contributed by atoms with Crippen LogP contribution in [0.1, 0.15) is 105 Å². The Labute approximate surface area is 483 Å². The largest absolute Gasteiger partial charge is 0.309 e. The van der Waals surface area contributed by atoms with Crippen LogP contribution in [0, 0.1) is 0 Å². The van der Waals surface area contributed by atoms with Gasteiger partial charge >= 0.3 is 0 Å². The minimum atomic E-state index is -0.0486. The summed E-state index contributed by atoms with van der Waals surface area (Å²) in [6, 6.07) is 73.1. The van der Waals surface area contributed by atoms with Crippen molar-refractivity contribution in [1.29, 1.82) is 0 Å². The van der Waals surface area contributed by atoms with Gasteiger partial charge in [-0.15, -0.1) is 11.3 Å². The molecule has 16 aromatic rings. The normalized spacial score (nSPS) is 13.4. The van der Waals surface area contributed by atoms with Crippen molar-refractivity contribution < 1.29 is 0 Å². The van der Waals surface area contributed by atoms with Gasteiger partial charge in [0, 0.05) is 75.2 Å². The number of fused-ring (bicyclic) bond motifs is 17. The van der Waals surface area contributed by atoms with Crippen LogP contribution >= 0.6 is 11.3 Å². The Kier molecular flexibility index (Phi) is 10.0. The standard InChI is InChI=1S/C78H67N3S/c1-75(2,3)49-31-45(32-50(40-49)76(4,5)6)47-36-58(44-29-30-66-59(35-44)54-23-16-18-27-65(54)79(66)53-21-14-13-15-22-53)72-63(38-47)64-39-48(46-33-51(77(7,8)9)41-52(34-46)78(10,11)12)37-62-61-43-68-60(42-67(61)80(72)73(62)64)55-25-20-26-57-70-56-24-17-19-28-69(56)82-74(70)81(68)71(55)57/h13-43H,1-12H3. The summed E-state index contributed by atoms with van der Waals surface area (Å²) >= 11 is 1.92. The molecule has 0 atom stereocenters. The quantitative estimate of drug-likeness (QED) is 0.167. The number of rotatable bonds is 4. The summed E-state index contributed by atoms with van der Waals surface area (Å²) in [5.41, 5.74) is 22.6. The third-order valence-corrected chi connectivity index (χ3v) is 19.6. The predicted molar refractivity (Wildman–Crippen MR) is 357 cm³/mol. The second kappa shape index (κ2) is 16.6. The lowest BCUT2D eigenvalue weighted by atomic mass is 9.78. The van der Waals surface area contributed by atoms with Crippen LogP contribution in [0.4, 0.5) is 0 Å². The lowest BCUT2D eigenvalue weighted by Crippen LogP contribution is -2.16. The predicted octanol–water partition coefficient (Wildman–Crippen LogP) is 22.5. The number of benzene rings is 10. The topological polar surface area (TPSA) is 13.8 Å². The highest BCUT2D eigenvalue weighted by molar-refractivity contribution is 7.25. The van der Waals surface area contributed by atoms with Crippen LogP contribution in [0.15, 0.2) is 188 Å². The summed E-state index contributed by atoms with van der Waals surface area (Å²) in [7, 11) is 0. The van der Waals surface area contributed by atoms with Gasteiger partial charge in [0.15, 0.2) is 0 Å². The minimum Gasteiger partial charge on any atom is -0.309 e. The fourth-order valence-corrected chi connectivity index (χ4v) is 15.2. The van der Waals surface area contributed by atoms with Gasteiger partial charge < -0.3 is 8.97 Å². The molecule has 16 rings (SSSR count). The first-order valence-electron chi connectivity index (χ1n) is 29.4. The lowest BCUT2D eigenvalue weighted by molar-refractivity contribution is 0.568. The minimum absolute atomic E-state index is 0.0408. The summed E-state index contributed by atoms with van der Waals surface area (Å²) in [5.74, 6) is 0. The molecule has 6 aromatic heterocycles. The van der Waals surface area contributed by atoms with E-state index in [0.29, 0.717) is 0 Å². The molecule has 3 nitrogen and oxygen atoms in total. The molecule has 82 heavy (non-hydrogen) atoms. The highest BCUT2D eigenvalue weighted by Gasteiger charge is 2.29. The first-order chi connectivity index (χ1) is 39.2. The average Bonchev–Trinajstić information content (AvgIpc) is 1.60. The molecule has 0 unspecified atom stereocenters. The van der Waals surface area contributed by atoms with Crippen LogP contribution in [0.2, 0.25) is 0 Å². The van der Waals surface area contributed by atoms with Crippen LogP contribution < -0.4 is 0 Å². The molecule has 0 spiro atoms. The summed E-state index contributed by atoms with van der Waals surface area (Å²) < 4.78 is 9.05. The average molecular weight is 1080 g/mol. The maximum atomic E-state index is 2.68. The first-order valence-corrected chi connectivity index (χ1v) is 30.2. The van der Waals surface area contributed by atoms with Crippen molar-refractivity contribution in [2.75, 3.05) is 0 Å². The van der Waals surface area contributed by atoms with Crippen LogP contribution in [0.3, 0.4) is 0 Å². The van der Waals surface area contributed by atoms with Crippen molar-refractivity contribution in [3.63, 3.8) is 0 Å². The Morgan fingerprint density at radius 2 is 0.744 bits per heavy atom. The monoisotopic (exact) mass is 1080 g/mol. The molecule has 6 heterocycles. The molecular weight excluding hydrogens is 1010 g/mol. The molecule has 0 radical (unpaired) electrons. The number of hydrogen-bond acceptors (Lipinski definition) is 1. The van der Waals surface area contributed by atoms with E-state index in [4.69, 9.17) is 0 Å². The first kappa shape index (κ1) is 49.4. The van der Waals surface area contributed by atoms with Crippen molar-refractivity contribution in [2.24, 2.45) is 0 Å². The Morgan fingerprint density at radius 3 is 1.38 bits per heavy atom. The zero-order valence-corrected chi connectivity index (χ0v) is 50.0. The van der Waals surface area contributed by atoms with Crippen LogP contribution in [-0.2, 0) is 21.7 Å². The zero-order chi connectivity index (χ0) is 56.3. The van der Waals surface area contributed by atoms with E-state index in [1.165, 1.54) is 163 Å². The molecule has 0 N–H and O–H groups in total. The Balaban J connectivity index is 1.09. The van der Waals surface area contributed by atoms with E-state index < -0.39 is 0 Å². The Hall–Kier alpha value is -8.44. The van der Waals surface area contributed by atoms with Crippen molar-refractivity contribution in [3.05, 3.63) is 210 Å². The fraction of sp³-hybridized carbons (Fsp3) is 0.205. The van der Waals surface area contributed by atoms with Gasteiger partial charge in [0.25, 0.3) is 0 Å². The molecular formula is C78H67N3S. The van der Waals surface area contributed by atoms with E-state index >= 15 is 0 Å². The summed E-state index contributed by atoms with van der Waals surface area (Å²) in [6.45, 7) is 28.3. The van der Waals surface area contributed by atoms with Gasteiger partial charge in [-0.3, -0.25) is 4.40 Å². The van der Waals surface area contributed by atoms with Crippen molar-refractivity contribution in [2.45, 2.75) is 105 Å². The molecule has 0 aliphatic rings. The van der Waals surface area contributed by atoms with Gasteiger partial charge in [-0.2, -0.15) is 0 Å². The number of aromatic nitrogens is 3. The summed E-state index contributed by atoms with van der Waals surface area (Å²) in [6.07, 6.45) is 0. The van der Waals surface area contributed by atoms with E-state index in [2.05, 4.69) is 285 Å². The molecule has 0 saturated heterocycles. The van der Waals surface area contributed by atoms with Crippen molar-refractivity contribution >= 4 is 119 Å². The van der Waals surface area contributed by atoms with E-state index in [1.54, 1.807) is 0 Å². The molecule has 0 saturated carbocycles. The molecule has 400 valence electrons. The van der Waals surface area contributed by atoms with Crippen molar-refractivity contribution in [1.82, 2.24) is 13.4 Å². The summed E-state index contributed by atoms with van der Waals surface area (Å²) in [5, 5.41) is 14.2. The fourth-order valence-electron chi connectivity index (χ4n) is 14.0. The van der Waals surface area contributed by atoms with E-state index in [0.717, 1.165) is 5.69 Å². The molecule has 0 aliphatic heterocycles. The number of nitrogens with zero attached hydrogens (tertiary/aromatic N) is 3. The number of thiophene rings is 1. The van der Waals surface area contributed by atoms with Gasteiger partial charge in [0.2, 0.25) is 0 Å². The van der Waals surface area contributed by atoms with Crippen LogP contribution in [0.25, 0.3) is 146 Å². The maximum Gasteiger partial charge on any atom is 0.109 e. The molecule has 10 aromatic carbocycles. The van der Waals surface area contributed by atoms with Crippen LogP contribution in [-0.4, -0.2) is 13.4 Å². The second-order valence-electron chi connectivity index (χ2n) is 27.9. The van der Waals surface area contributed by atoms with E-state index in [9.17, 15) is 0 Å². The molecule has 4 heteroatoms. The van der Waals surface area contributed by atoms with E-state index in [1.807, 2.05) is 11.3 Å². The molecule has 0 aliphatic carbocycles. The van der Waals surface area contributed by atoms with Gasteiger partial charge in [0.05, 0.1) is 38.6 Å². The molecule has 0 amide bonds. The number of hydrogen-bond donors (Lipinski definition) is 0. The van der Waals surface area contributed by atoms with Gasteiger partial charge in [0.1, 0.15) is 4.83 Å². The second-order valence-corrected chi connectivity index (χ2v) is 28.9. The van der Waals surface area contributed by atoms with Crippen molar-refractivity contribution in [3.8, 4) is 39.1 Å². The Morgan fingerprint density at radius 1 is 0.293 bits per heavy atom. The van der Waals surface area contributed by atoms with E-state index in [-0.39, 0.29) is 21.7 Å². The maximum absolute atomic E-state index is 2.68.